The highest BCUT2D eigenvalue weighted by Gasteiger charge is 1.99. The van der Waals surface area contributed by atoms with Gasteiger partial charge in [0.25, 0.3) is 0 Å². The van der Waals surface area contributed by atoms with Crippen LogP contribution < -0.4 is 5.48 Å². The topological polar surface area (TPSA) is 69.6 Å². The van der Waals surface area contributed by atoms with E-state index in [-0.39, 0.29) is 5.91 Å². The fraction of sp³-hybridized carbons (Fsp3) is 0.973. The predicted octanol–water partition coefficient (Wildman–Crippen LogP) is 12.1. The zero-order valence-electron chi connectivity index (χ0n) is 27.8. The summed E-state index contributed by atoms with van der Waals surface area (Å²) in [6.45, 7) is 0.367. The lowest BCUT2D eigenvalue weighted by Gasteiger charge is -2.05. The molecule has 246 valence electrons. The van der Waals surface area contributed by atoms with E-state index in [4.69, 9.17) is 10.3 Å². The number of nitrogens with one attached hydrogen (secondary N) is 1. The number of hydroxylamine groups is 1. The molecule has 0 aromatic carbocycles. The van der Waals surface area contributed by atoms with Crippen molar-refractivity contribution < 1.29 is 15.1 Å². The first-order chi connectivity index (χ1) is 20.3. The quantitative estimate of drug-likeness (QED) is 0.0391. The van der Waals surface area contributed by atoms with Crippen molar-refractivity contribution >= 4 is 5.91 Å². The van der Waals surface area contributed by atoms with Gasteiger partial charge in [-0.2, -0.15) is 0 Å². The number of rotatable bonds is 36. The molecule has 0 rings (SSSR count). The highest BCUT2D eigenvalue weighted by molar-refractivity contribution is 5.74. The first kappa shape index (κ1) is 40.4. The van der Waals surface area contributed by atoms with Crippen molar-refractivity contribution in [3.05, 3.63) is 0 Å². The molecule has 0 aliphatic rings. The Morgan fingerprint density at radius 3 is 0.659 bits per heavy atom. The van der Waals surface area contributed by atoms with Crippen LogP contribution in [0.25, 0.3) is 0 Å². The number of carbonyl (C=O) groups is 1. The number of hydrogen-bond donors (Lipinski definition) is 3. The molecule has 4 nitrogen and oxygen atoms in total. The molecule has 0 saturated carbocycles. The van der Waals surface area contributed by atoms with Gasteiger partial charge in [0.05, 0.1) is 0 Å². The molecule has 0 saturated heterocycles. The van der Waals surface area contributed by atoms with Gasteiger partial charge in [-0.25, -0.2) is 5.48 Å². The maximum absolute atomic E-state index is 10.9. The van der Waals surface area contributed by atoms with Crippen molar-refractivity contribution in [2.45, 2.75) is 225 Å². The van der Waals surface area contributed by atoms with Crippen molar-refractivity contribution in [3.8, 4) is 0 Å². The number of hydrogen-bond acceptors (Lipinski definition) is 3. The van der Waals surface area contributed by atoms with Crippen LogP contribution in [0.5, 0.6) is 0 Å². The zero-order chi connectivity index (χ0) is 29.7. The van der Waals surface area contributed by atoms with E-state index in [9.17, 15) is 4.79 Å². The summed E-state index contributed by atoms with van der Waals surface area (Å²) in [6.07, 6.45) is 47.2. The highest BCUT2D eigenvalue weighted by Crippen LogP contribution is 2.17. The molecule has 0 aromatic rings. The van der Waals surface area contributed by atoms with E-state index in [1.165, 1.54) is 199 Å². The van der Waals surface area contributed by atoms with Crippen molar-refractivity contribution in [1.29, 1.82) is 0 Å². The van der Waals surface area contributed by atoms with Gasteiger partial charge in [0.1, 0.15) is 0 Å². The van der Waals surface area contributed by atoms with Crippen LogP contribution in [0.4, 0.5) is 0 Å². The van der Waals surface area contributed by atoms with Crippen molar-refractivity contribution in [2.75, 3.05) is 6.61 Å². The molecule has 0 atom stereocenters. The molecule has 0 radical (unpaired) electrons. The molecule has 4 heteroatoms. The summed E-state index contributed by atoms with van der Waals surface area (Å²) in [5, 5.41) is 17.2. The van der Waals surface area contributed by atoms with E-state index in [0.717, 1.165) is 19.3 Å². The van der Waals surface area contributed by atoms with E-state index < -0.39 is 0 Å². The van der Waals surface area contributed by atoms with E-state index in [1.807, 2.05) is 0 Å². The molecular weight excluding hydrogens is 506 g/mol. The highest BCUT2D eigenvalue weighted by atomic mass is 16.5. The minimum absolute atomic E-state index is 0.256. The summed E-state index contributed by atoms with van der Waals surface area (Å²) < 4.78 is 0. The average molecular weight is 582 g/mol. The third kappa shape index (κ3) is 37.4. The summed E-state index contributed by atoms with van der Waals surface area (Å²) in [7, 11) is 0. The van der Waals surface area contributed by atoms with E-state index in [0.29, 0.717) is 13.0 Å². The lowest BCUT2D eigenvalue weighted by atomic mass is 10.0. The fourth-order valence-electron chi connectivity index (χ4n) is 6.11. The SMILES string of the molecule is O=C(CCCCCCCCCCCCCCCCCCCCCCCCCCCCCCCCCCCCO)NO. The fourth-order valence-corrected chi connectivity index (χ4v) is 6.11. The minimum atomic E-state index is -0.256. The average Bonchev–Trinajstić information content (AvgIpc) is 2.99. The van der Waals surface area contributed by atoms with Gasteiger partial charge < -0.3 is 5.11 Å². The maximum Gasteiger partial charge on any atom is 0.243 e. The molecule has 0 fully saturated rings. The second-order valence-corrected chi connectivity index (χ2v) is 13.0. The molecule has 3 N–H and O–H groups in total. The Morgan fingerprint density at radius 1 is 0.317 bits per heavy atom. The van der Waals surface area contributed by atoms with Gasteiger partial charge >= 0.3 is 0 Å². The van der Waals surface area contributed by atoms with Crippen LogP contribution in [0.2, 0.25) is 0 Å². The molecule has 41 heavy (non-hydrogen) atoms. The number of unbranched alkanes of at least 4 members (excludes halogenated alkanes) is 33. The smallest absolute Gasteiger partial charge is 0.243 e. The number of aliphatic hydroxyl groups is 1. The minimum Gasteiger partial charge on any atom is -0.396 e. The third-order valence-electron chi connectivity index (χ3n) is 8.94. The summed E-state index contributed by atoms with van der Waals surface area (Å²) >= 11 is 0. The van der Waals surface area contributed by atoms with E-state index in [2.05, 4.69) is 0 Å². The van der Waals surface area contributed by atoms with Crippen LogP contribution in [0, 0.1) is 0 Å². The van der Waals surface area contributed by atoms with E-state index in [1.54, 1.807) is 5.48 Å². The second kappa shape index (κ2) is 37.4. The third-order valence-corrected chi connectivity index (χ3v) is 8.94. The van der Waals surface area contributed by atoms with Gasteiger partial charge in [-0.05, 0) is 12.8 Å². The lowest BCUT2D eigenvalue weighted by Crippen LogP contribution is -2.17. The maximum atomic E-state index is 10.9. The summed E-state index contributed by atoms with van der Waals surface area (Å²) in [6, 6.07) is 0. The molecule has 0 unspecified atom stereocenters. The van der Waals surface area contributed by atoms with Crippen LogP contribution in [-0.4, -0.2) is 22.8 Å². The second-order valence-electron chi connectivity index (χ2n) is 13.0. The van der Waals surface area contributed by atoms with Gasteiger partial charge in [0.2, 0.25) is 5.91 Å². The predicted molar refractivity (Wildman–Crippen MR) is 179 cm³/mol. The van der Waals surface area contributed by atoms with Crippen LogP contribution in [0.15, 0.2) is 0 Å². The molecular formula is C37H75NO3. The largest absolute Gasteiger partial charge is 0.396 e. The first-order valence-electron chi connectivity index (χ1n) is 18.8. The molecule has 1 amide bonds. The van der Waals surface area contributed by atoms with Gasteiger partial charge in [0.15, 0.2) is 0 Å². The Balaban J connectivity index is 3.04. The standard InChI is InChI=1S/C37H75NO3/c39-36-34-32-30-28-26-24-22-20-18-16-14-12-10-8-6-4-2-1-3-5-7-9-11-13-15-17-19-21-23-25-27-29-31-33-35-37(40)38-41/h39,41H,1-36H2,(H,38,40). The van der Waals surface area contributed by atoms with Gasteiger partial charge in [0, 0.05) is 13.0 Å². The molecule has 0 bridgehead atoms. The monoisotopic (exact) mass is 582 g/mol. The summed E-state index contributed by atoms with van der Waals surface area (Å²) in [5.41, 5.74) is 1.70. The lowest BCUT2D eigenvalue weighted by molar-refractivity contribution is -0.129. The Labute approximate surface area is 257 Å². The van der Waals surface area contributed by atoms with E-state index >= 15 is 0 Å². The molecule has 0 aliphatic heterocycles. The Kier molecular flexibility index (Phi) is 36.9. The number of amides is 1. The van der Waals surface area contributed by atoms with Crippen molar-refractivity contribution in [2.24, 2.45) is 0 Å². The molecule has 0 aromatic heterocycles. The number of aliphatic hydroxyl groups excluding tert-OH is 1. The van der Waals surface area contributed by atoms with Gasteiger partial charge in [-0.1, -0.05) is 205 Å². The van der Waals surface area contributed by atoms with Crippen LogP contribution in [0.1, 0.15) is 225 Å². The van der Waals surface area contributed by atoms with Crippen LogP contribution >= 0.6 is 0 Å². The molecule has 0 spiro atoms. The Bertz CT molecular complexity index is 485. The normalized spacial score (nSPS) is 11.4. The van der Waals surface area contributed by atoms with Gasteiger partial charge in [-0.3, -0.25) is 10.0 Å². The van der Waals surface area contributed by atoms with Gasteiger partial charge in [-0.15, -0.1) is 0 Å². The summed E-state index contributed by atoms with van der Waals surface area (Å²) in [5.74, 6) is -0.256. The zero-order valence-corrected chi connectivity index (χ0v) is 27.8. The van der Waals surface area contributed by atoms with Crippen LogP contribution in [0.3, 0.4) is 0 Å². The summed E-state index contributed by atoms with van der Waals surface area (Å²) in [4.78, 5) is 10.9. The first-order valence-corrected chi connectivity index (χ1v) is 18.8. The molecule has 0 heterocycles. The van der Waals surface area contributed by atoms with Crippen LogP contribution in [-0.2, 0) is 4.79 Å². The number of carbonyl (C=O) groups excluding carboxylic acids is 1. The Morgan fingerprint density at radius 2 is 0.488 bits per heavy atom. The molecule has 0 aliphatic carbocycles. The Hall–Kier alpha value is -0.610. The van der Waals surface area contributed by atoms with Crippen molar-refractivity contribution in [1.82, 2.24) is 5.48 Å². The van der Waals surface area contributed by atoms with Crippen molar-refractivity contribution in [3.63, 3.8) is 0 Å².